The highest BCUT2D eigenvalue weighted by Crippen LogP contribution is 2.06. The number of methoxy groups -OCH3 is 1. The predicted octanol–water partition coefficient (Wildman–Crippen LogP) is 0.458. The lowest BCUT2D eigenvalue weighted by Gasteiger charge is -1.98. The number of nitrogens with zero attached hydrogens (tertiary/aromatic N) is 3. The molecule has 0 radical (unpaired) electrons. The molecule has 68 valence electrons. The summed E-state index contributed by atoms with van der Waals surface area (Å²) in [5.41, 5.74) is 7.23. The molecule has 0 saturated heterocycles. The first-order valence-corrected chi connectivity index (χ1v) is 3.88. The van der Waals surface area contributed by atoms with Crippen LogP contribution in [-0.2, 0) is 11.3 Å². The zero-order valence-corrected chi connectivity index (χ0v) is 7.27. The number of hydrogen-bond acceptors (Lipinski definition) is 4. The Balaban J connectivity index is 2.48. The average Bonchev–Trinajstić information content (AvgIpc) is 2.44. The highest BCUT2D eigenvalue weighted by atomic mass is 16.5. The van der Waals surface area contributed by atoms with Crippen molar-refractivity contribution in [1.82, 2.24) is 14.6 Å². The van der Waals surface area contributed by atoms with E-state index in [1.165, 1.54) is 0 Å². The van der Waals surface area contributed by atoms with E-state index in [0.717, 1.165) is 11.2 Å². The Bertz CT molecular complexity index is 423. The van der Waals surface area contributed by atoms with Crippen LogP contribution in [0.25, 0.3) is 5.65 Å². The fourth-order valence-electron chi connectivity index (χ4n) is 1.17. The second-order valence-corrected chi connectivity index (χ2v) is 2.77. The van der Waals surface area contributed by atoms with E-state index in [1.807, 2.05) is 6.20 Å². The van der Waals surface area contributed by atoms with Crippen LogP contribution in [0.15, 0.2) is 18.5 Å². The number of fused-ring (bicyclic) bond motifs is 1. The van der Waals surface area contributed by atoms with Gasteiger partial charge in [0.1, 0.15) is 5.82 Å². The Morgan fingerprint density at radius 3 is 3.23 bits per heavy atom. The van der Waals surface area contributed by atoms with Gasteiger partial charge < -0.3 is 10.5 Å². The van der Waals surface area contributed by atoms with Gasteiger partial charge in [0.15, 0.2) is 5.65 Å². The van der Waals surface area contributed by atoms with Crippen molar-refractivity contribution in [2.45, 2.75) is 6.61 Å². The van der Waals surface area contributed by atoms with Crippen LogP contribution in [0.4, 0.5) is 5.82 Å². The van der Waals surface area contributed by atoms with E-state index in [9.17, 15) is 0 Å². The SMILES string of the molecule is COCc1cnc2cc(N)nn2c1. The summed E-state index contributed by atoms with van der Waals surface area (Å²) in [6.07, 6.45) is 3.60. The summed E-state index contributed by atoms with van der Waals surface area (Å²) in [6, 6.07) is 1.72. The van der Waals surface area contributed by atoms with Crippen molar-refractivity contribution in [3.05, 3.63) is 24.0 Å². The first-order chi connectivity index (χ1) is 6.29. The number of rotatable bonds is 2. The number of nitrogens with two attached hydrogens (primary N) is 1. The Morgan fingerprint density at radius 1 is 1.62 bits per heavy atom. The summed E-state index contributed by atoms with van der Waals surface area (Å²) in [5.74, 6) is 0.474. The fourth-order valence-corrected chi connectivity index (χ4v) is 1.17. The van der Waals surface area contributed by atoms with Gasteiger partial charge in [0.05, 0.1) is 6.61 Å². The van der Waals surface area contributed by atoms with Gasteiger partial charge in [-0.15, -0.1) is 5.10 Å². The molecule has 0 aliphatic carbocycles. The summed E-state index contributed by atoms with van der Waals surface area (Å²) in [5, 5.41) is 4.03. The molecule has 0 spiro atoms. The van der Waals surface area contributed by atoms with Gasteiger partial charge in [-0.2, -0.15) is 0 Å². The molecule has 0 aliphatic rings. The third-order valence-electron chi connectivity index (χ3n) is 1.70. The van der Waals surface area contributed by atoms with Crippen LogP contribution in [-0.4, -0.2) is 21.7 Å². The van der Waals surface area contributed by atoms with Gasteiger partial charge in [-0.3, -0.25) is 0 Å². The molecule has 0 fully saturated rings. The Kier molecular flexibility index (Phi) is 1.86. The van der Waals surface area contributed by atoms with Crippen molar-refractivity contribution >= 4 is 11.5 Å². The number of nitrogen functional groups attached to an aromatic ring is 1. The van der Waals surface area contributed by atoms with E-state index in [4.69, 9.17) is 10.5 Å². The van der Waals surface area contributed by atoms with Gasteiger partial charge in [-0.25, -0.2) is 9.50 Å². The maximum atomic E-state index is 5.51. The Morgan fingerprint density at radius 2 is 2.46 bits per heavy atom. The molecule has 0 aromatic carbocycles. The van der Waals surface area contributed by atoms with Crippen LogP contribution in [0.5, 0.6) is 0 Å². The molecule has 0 amide bonds. The summed E-state index contributed by atoms with van der Waals surface area (Å²) < 4.78 is 6.61. The number of aromatic nitrogens is 3. The molecule has 0 aliphatic heterocycles. The van der Waals surface area contributed by atoms with Crippen LogP contribution >= 0.6 is 0 Å². The maximum Gasteiger partial charge on any atom is 0.157 e. The second kappa shape index (κ2) is 3.02. The quantitative estimate of drug-likeness (QED) is 0.725. The minimum Gasteiger partial charge on any atom is -0.382 e. The molecular weight excluding hydrogens is 168 g/mol. The van der Waals surface area contributed by atoms with E-state index in [-0.39, 0.29) is 0 Å². The van der Waals surface area contributed by atoms with Gasteiger partial charge in [-0.05, 0) is 0 Å². The van der Waals surface area contributed by atoms with Crippen molar-refractivity contribution in [3.8, 4) is 0 Å². The van der Waals surface area contributed by atoms with Crippen LogP contribution < -0.4 is 5.73 Å². The topological polar surface area (TPSA) is 65.4 Å². The van der Waals surface area contributed by atoms with E-state index in [1.54, 1.807) is 23.9 Å². The zero-order valence-electron chi connectivity index (χ0n) is 7.27. The highest BCUT2D eigenvalue weighted by Gasteiger charge is 1.99. The first-order valence-electron chi connectivity index (χ1n) is 3.88. The van der Waals surface area contributed by atoms with Gasteiger partial charge in [0.25, 0.3) is 0 Å². The summed E-state index contributed by atoms with van der Waals surface area (Å²) >= 11 is 0. The molecule has 5 nitrogen and oxygen atoms in total. The van der Waals surface area contributed by atoms with Crippen molar-refractivity contribution in [1.29, 1.82) is 0 Å². The van der Waals surface area contributed by atoms with Crippen LogP contribution in [0.1, 0.15) is 5.56 Å². The van der Waals surface area contributed by atoms with E-state index in [0.29, 0.717) is 12.4 Å². The molecule has 0 unspecified atom stereocenters. The molecule has 0 bridgehead atoms. The lowest BCUT2D eigenvalue weighted by molar-refractivity contribution is 0.184. The summed E-state index contributed by atoms with van der Waals surface area (Å²) in [6.45, 7) is 0.530. The summed E-state index contributed by atoms with van der Waals surface area (Å²) in [4.78, 5) is 4.16. The molecule has 2 N–H and O–H groups in total. The second-order valence-electron chi connectivity index (χ2n) is 2.77. The largest absolute Gasteiger partial charge is 0.382 e. The van der Waals surface area contributed by atoms with E-state index >= 15 is 0 Å². The average molecular weight is 178 g/mol. The minimum atomic E-state index is 0.474. The molecule has 5 heteroatoms. The molecule has 2 rings (SSSR count). The molecule has 2 aromatic heterocycles. The Labute approximate surface area is 75.1 Å². The third kappa shape index (κ3) is 1.46. The highest BCUT2D eigenvalue weighted by molar-refractivity contribution is 5.47. The normalized spacial score (nSPS) is 10.8. The molecule has 0 saturated carbocycles. The minimum absolute atomic E-state index is 0.474. The van der Waals surface area contributed by atoms with E-state index in [2.05, 4.69) is 10.1 Å². The number of hydrogen-bond donors (Lipinski definition) is 1. The lowest BCUT2D eigenvalue weighted by atomic mass is 10.4. The first kappa shape index (κ1) is 8.00. The van der Waals surface area contributed by atoms with Crippen LogP contribution in [0, 0.1) is 0 Å². The molecule has 13 heavy (non-hydrogen) atoms. The van der Waals surface area contributed by atoms with Crippen molar-refractivity contribution < 1.29 is 4.74 Å². The van der Waals surface area contributed by atoms with Crippen molar-refractivity contribution in [2.24, 2.45) is 0 Å². The molecular formula is C8H10N4O. The number of ether oxygens (including phenoxy) is 1. The van der Waals surface area contributed by atoms with Gasteiger partial charge in [-0.1, -0.05) is 0 Å². The van der Waals surface area contributed by atoms with Crippen LogP contribution in [0.3, 0.4) is 0 Å². The monoisotopic (exact) mass is 178 g/mol. The van der Waals surface area contributed by atoms with Gasteiger partial charge in [0.2, 0.25) is 0 Å². The van der Waals surface area contributed by atoms with Gasteiger partial charge in [0, 0.05) is 31.1 Å². The molecule has 0 atom stereocenters. The summed E-state index contributed by atoms with van der Waals surface area (Å²) in [7, 11) is 1.64. The zero-order chi connectivity index (χ0) is 9.26. The molecule has 2 aromatic rings. The maximum absolute atomic E-state index is 5.51. The predicted molar refractivity (Wildman–Crippen MR) is 48.1 cm³/mol. The standard InChI is InChI=1S/C8H10N4O/c1-13-5-6-3-10-8-2-7(9)11-12(8)4-6/h2-4H,5H2,1H3,(H2,9,11). The third-order valence-corrected chi connectivity index (χ3v) is 1.70. The number of anilines is 1. The van der Waals surface area contributed by atoms with Gasteiger partial charge >= 0.3 is 0 Å². The smallest absolute Gasteiger partial charge is 0.157 e. The lowest BCUT2D eigenvalue weighted by Crippen LogP contribution is -1.95. The van der Waals surface area contributed by atoms with E-state index < -0.39 is 0 Å². The fraction of sp³-hybridized carbons (Fsp3) is 0.250. The van der Waals surface area contributed by atoms with Crippen molar-refractivity contribution in [2.75, 3.05) is 12.8 Å². The molecule has 2 heterocycles. The Hall–Kier alpha value is -1.62. The van der Waals surface area contributed by atoms with Crippen molar-refractivity contribution in [3.63, 3.8) is 0 Å². The van der Waals surface area contributed by atoms with Crippen LogP contribution in [0.2, 0.25) is 0 Å².